The molecule has 0 N–H and O–H groups in total. The second kappa shape index (κ2) is 40.8. The van der Waals surface area contributed by atoms with Gasteiger partial charge in [-0.3, -0.25) is 0 Å². The Bertz CT molecular complexity index is 445. The summed E-state index contributed by atoms with van der Waals surface area (Å²) in [7, 11) is 0. The predicted octanol–water partition coefficient (Wildman–Crippen LogP) is 13.2. The van der Waals surface area contributed by atoms with Gasteiger partial charge in [-0.05, 0) is 51.4 Å². The summed E-state index contributed by atoms with van der Waals surface area (Å²) in [4.78, 5) is 0. The van der Waals surface area contributed by atoms with Gasteiger partial charge >= 0.3 is 20.4 Å². The highest BCUT2D eigenvalue weighted by Crippen LogP contribution is 2.16. The molecule has 0 fully saturated rings. The van der Waals surface area contributed by atoms with Gasteiger partial charge in [-0.25, -0.2) is 0 Å². The summed E-state index contributed by atoms with van der Waals surface area (Å²) in [6.45, 7) is 12.6. The van der Waals surface area contributed by atoms with Crippen molar-refractivity contribution in [1.29, 1.82) is 0 Å². The van der Waals surface area contributed by atoms with Crippen LogP contribution >= 0.6 is 0 Å². The second-order valence-electron chi connectivity index (χ2n) is 13.8. The molecular formula is C40H82MgO4. The van der Waals surface area contributed by atoms with Crippen molar-refractivity contribution < 1.29 is 18.9 Å². The zero-order valence-corrected chi connectivity index (χ0v) is 33.0. The number of hydrogen-bond donors (Lipinski definition) is 0. The standard InChI is InChI=1S/2C20H41O2.Mg/c2*1-4-7-10-12-15-18-21-20(17-14-9-6-3)22-19-16-13-11-8-5-2;/h2*20H,3-19H2,1-2H3;. The first-order valence-corrected chi connectivity index (χ1v) is 22.7. The Morgan fingerprint density at radius 2 is 0.578 bits per heavy atom. The maximum absolute atomic E-state index is 6.20. The van der Waals surface area contributed by atoms with Crippen LogP contribution in [0.5, 0.6) is 0 Å². The average Bonchev–Trinajstić information content (AvgIpc) is 3.05. The van der Waals surface area contributed by atoms with Crippen molar-refractivity contribution in [1.82, 2.24) is 0 Å². The van der Waals surface area contributed by atoms with Crippen LogP contribution in [-0.2, 0) is 18.9 Å². The number of rotatable bonds is 40. The van der Waals surface area contributed by atoms with E-state index in [9.17, 15) is 0 Å². The fourth-order valence-corrected chi connectivity index (χ4v) is 7.74. The van der Waals surface area contributed by atoms with Crippen LogP contribution in [-0.4, -0.2) is 59.4 Å². The first-order valence-electron chi connectivity index (χ1n) is 20.7. The second-order valence-corrected chi connectivity index (χ2v) is 15.9. The molecule has 0 spiro atoms. The molecule has 0 bridgehead atoms. The van der Waals surface area contributed by atoms with E-state index in [0.717, 1.165) is 39.3 Å². The zero-order valence-electron chi connectivity index (χ0n) is 31.5. The van der Waals surface area contributed by atoms with E-state index < -0.39 is 0 Å². The van der Waals surface area contributed by atoms with E-state index in [-0.39, 0.29) is 32.9 Å². The summed E-state index contributed by atoms with van der Waals surface area (Å²) in [5, 5.41) is 0. The molecule has 0 saturated heterocycles. The van der Waals surface area contributed by atoms with Gasteiger partial charge in [-0.1, -0.05) is 156 Å². The molecule has 0 aliphatic carbocycles. The molecule has 0 heterocycles. The van der Waals surface area contributed by atoms with Gasteiger partial charge in [0.2, 0.25) is 0 Å². The molecule has 0 aromatic rings. The van der Waals surface area contributed by atoms with Crippen molar-refractivity contribution >= 4 is 20.4 Å². The van der Waals surface area contributed by atoms with Crippen LogP contribution in [0.25, 0.3) is 0 Å². The Balaban J connectivity index is 3.99. The van der Waals surface area contributed by atoms with Crippen LogP contribution in [0.15, 0.2) is 0 Å². The quantitative estimate of drug-likeness (QED) is 0.0375. The van der Waals surface area contributed by atoms with Gasteiger partial charge in [0.15, 0.2) is 12.6 Å². The SMILES string of the molecule is CCCCCCCOC(CCCC[CH2][Mg][CH2]CCCCC(OCCCCCCC)OCCCCCCC)OCCCCCCC. The Kier molecular flexibility index (Phi) is 41.3. The van der Waals surface area contributed by atoms with E-state index in [4.69, 9.17) is 18.9 Å². The number of hydrogen-bond acceptors (Lipinski definition) is 4. The van der Waals surface area contributed by atoms with E-state index in [1.165, 1.54) is 176 Å². The lowest BCUT2D eigenvalue weighted by Gasteiger charge is -2.19. The lowest BCUT2D eigenvalue weighted by molar-refractivity contribution is -0.148. The third-order valence-electron chi connectivity index (χ3n) is 9.09. The Morgan fingerprint density at radius 3 is 0.867 bits per heavy atom. The summed E-state index contributed by atoms with van der Waals surface area (Å²) in [5.74, 6) is 0. The van der Waals surface area contributed by atoms with E-state index in [1.807, 2.05) is 0 Å². The lowest BCUT2D eigenvalue weighted by Crippen LogP contribution is -2.19. The van der Waals surface area contributed by atoms with Crippen LogP contribution in [0.4, 0.5) is 0 Å². The zero-order chi connectivity index (χ0) is 32.7. The number of unbranched alkanes of at least 4 members (excludes halogenated alkanes) is 20. The van der Waals surface area contributed by atoms with Crippen molar-refractivity contribution in [3.8, 4) is 0 Å². The van der Waals surface area contributed by atoms with Crippen LogP contribution in [0.1, 0.15) is 207 Å². The molecule has 4 nitrogen and oxygen atoms in total. The molecular weight excluding hydrogens is 569 g/mol. The Labute approximate surface area is 293 Å². The maximum Gasteiger partial charge on any atom is 0.364 e. The largest absolute Gasteiger partial charge is 0.364 e. The van der Waals surface area contributed by atoms with Crippen molar-refractivity contribution in [3.63, 3.8) is 0 Å². The summed E-state index contributed by atoms with van der Waals surface area (Å²) < 4.78 is 27.8. The molecule has 0 aliphatic rings. The lowest BCUT2D eigenvalue weighted by atomic mass is 10.1. The molecule has 0 aromatic carbocycles. The molecule has 0 aliphatic heterocycles. The summed E-state index contributed by atoms with van der Waals surface area (Å²) >= 11 is 0.0962. The summed E-state index contributed by atoms with van der Waals surface area (Å²) in [5.41, 5.74) is 0. The highest BCUT2D eigenvalue weighted by Gasteiger charge is 2.11. The van der Waals surface area contributed by atoms with Gasteiger partial charge in [0.1, 0.15) is 0 Å². The van der Waals surface area contributed by atoms with E-state index in [0.29, 0.717) is 0 Å². The molecule has 45 heavy (non-hydrogen) atoms. The van der Waals surface area contributed by atoms with Crippen molar-refractivity contribution in [2.24, 2.45) is 0 Å². The van der Waals surface area contributed by atoms with Gasteiger partial charge in [0, 0.05) is 26.4 Å². The van der Waals surface area contributed by atoms with Gasteiger partial charge in [-0.15, -0.1) is 9.10 Å². The molecule has 0 saturated carbocycles. The van der Waals surface area contributed by atoms with Crippen LogP contribution in [0.3, 0.4) is 0 Å². The molecule has 0 rings (SSSR count). The predicted molar refractivity (Wildman–Crippen MR) is 199 cm³/mol. The van der Waals surface area contributed by atoms with Crippen molar-refractivity contribution in [3.05, 3.63) is 0 Å². The Morgan fingerprint density at radius 1 is 0.311 bits per heavy atom. The van der Waals surface area contributed by atoms with Crippen LogP contribution in [0.2, 0.25) is 9.10 Å². The third-order valence-corrected chi connectivity index (χ3v) is 11.1. The highest BCUT2D eigenvalue weighted by atomic mass is 24.5. The van der Waals surface area contributed by atoms with Crippen molar-refractivity contribution in [2.75, 3.05) is 26.4 Å². The molecule has 0 unspecified atom stereocenters. The average molecular weight is 651 g/mol. The molecule has 0 amide bonds. The van der Waals surface area contributed by atoms with Gasteiger partial charge in [0.25, 0.3) is 0 Å². The summed E-state index contributed by atoms with van der Waals surface area (Å²) in [6.07, 6.45) is 36.1. The molecule has 0 radical (unpaired) electrons. The first kappa shape index (κ1) is 45.6. The fraction of sp³-hybridized carbons (Fsp3) is 1.00. The minimum atomic E-state index is 0.0264. The molecule has 5 heteroatoms. The molecule has 0 atom stereocenters. The van der Waals surface area contributed by atoms with E-state index >= 15 is 0 Å². The smallest absolute Gasteiger partial charge is 0.353 e. The van der Waals surface area contributed by atoms with Gasteiger partial charge in [-0.2, -0.15) is 0 Å². The Hall–Kier alpha value is 0.606. The minimum absolute atomic E-state index is 0.0264. The maximum atomic E-state index is 6.20. The first-order chi connectivity index (χ1) is 22.3. The summed E-state index contributed by atoms with van der Waals surface area (Å²) in [6, 6.07) is 0. The number of ether oxygens (including phenoxy) is 4. The third kappa shape index (κ3) is 37.3. The van der Waals surface area contributed by atoms with Gasteiger partial charge in [0.05, 0.1) is 0 Å². The molecule has 0 aromatic heterocycles. The van der Waals surface area contributed by atoms with Gasteiger partial charge < -0.3 is 18.9 Å². The minimum Gasteiger partial charge on any atom is -0.353 e. The normalized spacial score (nSPS) is 11.7. The van der Waals surface area contributed by atoms with Crippen molar-refractivity contribution in [2.45, 2.75) is 229 Å². The van der Waals surface area contributed by atoms with E-state index in [2.05, 4.69) is 27.7 Å². The van der Waals surface area contributed by atoms with Crippen LogP contribution in [0, 0.1) is 0 Å². The molecule has 268 valence electrons. The topological polar surface area (TPSA) is 36.9 Å². The highest BCUT2D eigenvalue weighted by molar-refractivity contribution is 6.35. The monoisotopic (exact) mass is 651 g/mol. The fourth-order valence-electron chi connectivity index (χ4n) is 5.97. The van der Waals surface area contributed by atoms with Crippen LogP contribution < -0.4 is 0 Å². The van der Waals surface area contributed by atoms with E-state index in [1.54, 1.807) is 0 Å².